The fraction of sp³-hybridized carbons (Fsp3) is 0.526. The van der Waals surface area contributed by atoms with E-state index in [4.69, 9.17) is 21.1 Å². The molecule has 1 aromatic rings. The lowest BCUT2D eigenvalue weighted by Gasteiger charge is -2.27. The van der Waals surface area contributed by atoms with E-state index in [9.17, 15) is 14.4 Å². The number of aryl methyl sites for hydroxylation is 1. The largest absolute Gasteiger partial charge is 0.454 e. The highest BCUT2D eigenvalue weighted by molar-refractivity contribution is 6.33. The Balaban J connectivity index is 1.88. The minimum atomic E-state index is -0.740. The first-order valence-electron chi connectivity index (χ1n) is 8.79. The van der Waals surface area contributed by atoms with E-state index in [0.29, 0.717) is 30.1 Å². The van der Waals surface area contributed by atoms with Crippen molar-refractivity contribution >= 4 is 35.3 Å². The lowest BCUT2D eigenvalue weighted by Crippen LogP contribution is -2.44. The molecule has 1 aromatic carbocycles. The van der Waals surface area contributed by atoms with Crippen molar-refractivity contribution in [3.05, 3.63) is 28.8 Å². The second kappa shape index (κ2) is 8.61. The first-order valence-corrected chi connectivity index (χ1v) is 9.17. The molecule has 0 saturated carbocycles. The standard InChI is InChI=1S/C19H25ClN2O5/c1-12-7-8-14(13(20)10-12)21-16(23)11-26-17(24)15-6-5-9-22(15)18(25)27-19(2,3)4/h7-8,10,15H,5-6,9,11H2,1-4H3,(H,21,23)/t15-/m0/s1. The molecule has 148 valence electrons. The summed E-state index contributed by atoms with van der Waals surface area (Å²) in [6.07, 6.45) is 0.589. The molecular weight excluding hydrogens is 372 g/mol. The van der Waals surface area contributed by atoms with Crippen LogP contribution in [0, 0.1) is 6.92 Å². The third-order valence-corrected chi connectivity index (χ3v) is 4.21. The van der Waals surface area contributed by atoms with Crippen molar-refractivity contribution in [1.82, 2.24) is 4.90 Å². The zero-order chi connectivity index (χ0) is 20.2. The average Bonchev–Trinajstić information content (AvgIpc) is 3.03. The number of hydrogen-bond donors (Lipinski definition) is 1. The van der Waals surface area contributed by atoms with Gasteiger partial charge < -0.3 is 14.8 Å². The fourth-order valence-corrected chi connectivity index (χ4v) is 2.97. The van der Waals surface area contributed by atoms with Gasteiger partial charge in [-0.05, 0) is 58.2 Å². The molecule has 0 spiro atoms. The van der Waals surface area contributed by atoms with Gasteiger partial charge in [0.2, 0.25) is 0 Å². The minimum Gasteiger partial charge on any atom is -0.454 e. The zero-order valence-electron chi connectivity index (χ0n) is 16.0. The summed E-state index contributed by atoms with van der Waals surface area (Å²) >= 11 is 6.07. The van der Waals surface area contributed by atoms with Crippen molar-refractivity contribution < 1.29 is 23.9 Å². The van der Waals surface area contributed by atoms with Gasteiger partial charge in [-0.25, -0.2) is 9.59 Å². The van der Waals surface area contributed by atoms with Crippen molar-refractivity contribution in [2.24, 2.45) is 0 Å². The molecule has 0 unspecified atom stereocenters. The highest BCUT2D eigenvalue weighted by atomic mass is 35.5. The Morgan fingerprint density at radius 2 is 2.00 bits per heavy atom. The summed E-state index contributed by atoms with van der Waals surface area (Å²) in [4.78, 5) is 37.9. The number of halogens is 1. The van der Waals surface area contributed by atoms with Gasteiger partial charge in [0, 0.05) is 6.54 Å². The van der Waals surface area contributed by atoms with Crippen LogP contribution in [0.5, 0.6) is 0 Å². The van der Waals surface area contributed by atoms with Crippen molar-refractivity contribution in [2.75, 3.05) is 18.5 Å². The number of nitrogens with zero attached hydrogens (tertiary/aromatic N) is 1. The van der Waals surface area contributed by atoms with Crippen molar-refractivity contribution in [3.63, 3.8) is 0 Å². The van der Waals surface area contributed by atoms with E-state index in [1.807, 2.05) is 13.0 Å². The number of esters is 1. The molecule has 2 rings (SSSR count). The Labute approximate surface area is 163 Å². The number of likely N-dealkylation sites (tertiary alicyclic amines) is 1. The summed E-state index contributed by atoms with van der Waals surface area (Å²) in [5, 5.41) is 3.00. The van der Waals surface area contributed by atoms with E-state index in [1.54, 1.807) is 32.9 Å². The number of amides is 2. The molecule has 2 amide bonds. The maximum atomic E-state index is 12.3. The van der Waals surface area contributed by atoms with Gasteiger partial charge in [0.25, 0.3) is 5.91 Å². The average molecular weight is 397 g/mol. The molecule has 7 nitrogen and oxygen atoms in total. The molecule has 1 heterocycles. The summed E-state index contributed by atoms with van der Waals surface area (Å²) in [6.45, 7) is 7.12. The van der Waals surface area contributed by atoms with Gasteiger partial charge in [-0.2, -0.15) is 0 Å². The summed E-state index contributed by atoms with van der Waals surface area (Å²) < 4.78 is 10.4. The van der Waals surface area contributed by atoms with Crippen molar-refractivity contribution in [2.45, 2.75) is 52.2 Å². The Hall–Kier alpha value is -2.28. The van der Waals surface area contributed by atoms with Gasteiger partial charge in [-0.3, -0.25) is 9.69 Å². The van der Waals surface area contributed by atoms with Crippen LogP contribution in [0.4, 0.5) is 10.5 Å². The quantitative estimate of drug-likeness (QED) is 0.787. The predicted octanol–water partition coefficient (Wildman–Crippen LogP) is 3.53. The Kier molecular flexibility index (Phi) is 6.70. The van der Waals surface area contributed by atoms with Gasteiger partial charge in [0.15, 0.2) is 6.61 Å². The van der Waals surface area contributed by atoms with Crippen LogP contribution < -0.4 is 5.32 Å². The second-order valence-corrected chi connectivity index (χ2v) is 7.88. The summed E-state index contributed by atoms with van der Waals surface area (Å²) in [6, 6.07) is 4.47. The number of hydrogen-bond acceptors (Lipinski definition) is 5. The number of ether oxygens (including phenoxy) is 2. The highest BCUT2D eigenvalue weighted by Crippen LogP contribution is 2.23. The Morgan fingerprint density at radius 1 is 1.30 bits per heavy atom. The van der Waals surface area contributed by atoms with E-state index in [0.717, 1.165) is 5.56 Å². The van der Waals surface area contributed by atoms with Crippen LogP contribution in [-0.2, 0) is 19.1 Å². The van der Waals surface area contributed by atoms with Gasteiger partial charge in [0.05, 0.1) is 10.7 Å². The van der Waals surface area contributed by atoms with E-state index >= 15 is 0 Å². The number of anilines is 1. The maximum Gasteiger partial charge on any atom is 0.411 e. The second-order valence-electron chi connectivity index (χ2n) is 7.47. The molecule has 1 aliphatic heterocycles. The SMILES string of the molecule is Cc1ccc(NC(=O)COC(=O)[C@@H]2CCCN2C(=O)OC(C)(C)C)c(Cl)c1. The van der Waals surface area contributed by atoms with Gasteiger partial charge in [0.1, 0.15) is 11.6 Å². The number of rotatable bonds is 4. The number of benzene rings is 1. The minimum absolute atomic E-state index is 0.404. The van der Waals surface area contributed by atoms with Gasteiger partial charge in [-0.1, -0.05) is 17.7 Å². The molecular formula is C19H25ClN2O5. The van der Waals surface area contributed by atoms with Crippen molar-refractivity contribution in [1.29, 1.82) is 0 Å². The van der Waals surface area contributed by atoms with Crippen LogP contribution in [0.15, 0.2) is 18.2 Å². The number of carbonyl (C=O) groups excluding carboxylic acids is 3. The van der Waals surface area contributed by atoms with Crippen LogP contribution in [0.2, 0.25) is 5.02 Å². The van der Waals surface area contributed by atoms with Crippen LogP contribution in [0.3, 0.4) is 0 Å². The molecule has 0 bridgehead atoms. The normalized spacial score (nSPS) is 16.8. The third kappa shape index (κ3) is 6.13. The Morgan fingerprint density at radius 3 is 2.63 bits per heavy atom. The molecule has 1 atom stereocenters. The molecule has 1 fully saturated rings. The summed E-state index contributed by atoms with van der Waals surface area (Å²) in [7, 11) is 0. The lowest BCUT2D eigenvalue weighted by atomic mass is 10.2. The van der Waals surface area contributed by atoms with Gasteiger partial charge in [-0.15, -0.1) is 0 Å². The van der Waals surface area contributed by atoms with Crippen LogP contribution in [0.25, 0.3) is 0 Å². The van der Waals surface area contributed by atoms with Crippen LogP contribution in [-0.4, -0.2) is 47.7 Å². The number of carbonyl (C=O) groups is 3. The van der Waals surface area contributed by atoms with E-state index in [2.05, 4.69) is 5.32 Å². The molecule has 0 aliphatic carbocycles. The molecule has 1 N–H and O–H groups in total. The Bertz CT molecular complexity index is 729. The fourth-order valence-electron chi connectivity index (χ4n) is 2.69. The predicted molar refractivity (Wildman–Crippen MR) is 102 cm³/mol. The molecule has 1 aliphatic rings. The zero-order valence-corrected chi connectivity index (χ0v) is 16.8. The lowest BCUT2D eigenvalue weighted by molar-refractivity contribution is -0.151. The van der Waals surface area contributed by atoms with E-state index in [1.165, 1.54) is 4.90 Å². The van der Waals surface area contributed by atoms with Crippen LogP contribution in [0.1, 0.15) is 39.2 Å². The summed E-state index contributed by atoms with van der Waals surface area (Å²) in [5.74, 6) is -1.13. The maximum absolute atomic E-state index is 12.3. The van der Waals surface area contributed by atoms with Crippen LogP contribution >= 0.6 is 11.6 Å². The third-order valence-electron chi connectivity index (χ3n) is 3.90. The molecule has 1 saturated heterocycles. The van der Waals surface area contributed by atoms with Crippen molar-refractivity contribution in [3.8, 4) is 0 Å². The highest BCUT2D eigenvalue weighted by Gasteiger charge is 2.37. The topological polar surface area (TPSA) is 84.9 Å². The first-order chi connectivity index (χ1) is 12.6. The van der Waals surface area contributed by atoms with E-state index in [-0.39, 0.29) is 0 Å². The number of nitrogens with one attached hydrogen (secondary N) is 1. The monoisotopic (exact) mass is 396 g/mol. The van der Waals surface area contributed by atoms with Gasteiger partial charge >= 0.3 is 12.1 Å². The smallest absolute Gasteiger partial charge is 0.411 e. The van der Waals surface area contributed by atoms with E-state index < -0.39 is 36.2 Å². The molecule has 27 heavy (non-hydrogen) atoms. The molecule has 8 heteroatoms. The first kappa shape index (κ1) is 21.0. The molecule has 0 radical (unpaired) electrons. The summed E-state index contributed by atoms with van der Waals surface area (Å²) in [5.41, 5.74) is 0.758. The molecule has 0 aromatic heterocycles.